The van der Waals surface area contributed by atoms with Gasteiger partial charge in [-0.2, -0.15) is 4.31 Å². The van der Waals surface area contributed by atoms with Crippen molar-refractivity contribution < 1.29 is 22.7 Å². The van der Waals surface area contributed by atoms with Crippen molar-refractivity contribution in [2.75, 3.05) is 20.2 Å². The van der Waals surface area contributed by atoms with Crippen LogP contribution < -0.4 is 0 Å². The summed E-state index contributed by atoms with van der Waals surface area (Å²) in [6, 6.07) is 6.67. The molecule has 0 aliphatic rings. The average molecular weight is 394 g/mol. The van der Waals surface area contributed by atoms with Gasteiger partial charge in [0.15, 0.2) is 5.60 Å². The maximum atomic E-state index is 13.0. The molecule has 0 amide bonds. The number of aryl methyl sites for hydroxylation is 1. The Morgan fingerprint density at radius 2 is 1.81 bits per heavy atom. The number of nitrogens with zero attached hydrogens (tertiary/aromatic N) is 1. The molecule has 0 unspecified atom stereocenters. The summed E-state index contributed by atoms with van der Waals surface area (Å²) in [5.41, 5.74) is 0.885. The maximum absolute atomic E-state index is 13.0. The van der Waals surface area contributed by atoms with E-state index in [1.165, 1.54) is 11.4 Å². The van der Waals surface area contributed by atoms with Gasteiger partial charge in [0.2, 0.25) is 10.0 Å². The highest BCUT2D eigenvalue weighted by molar-refractivity contribution is 7.89. The molecule has 0 bridgehead atoms. The molecule has 27 heavy (non-hydrogen) atoms. The van der Waals surface area contributed by atoms with Crippen LogP contribution in [0.2, 0.25) is 0 Å². The number of methoxy groups -OCH3 is 1. The Bertz CT molecular complexity index is 839. The largest absolute Gasteiger partial charge is 0.509 e. The zero-order chi connectivity index (χ0) is 20.7. The smallest absolute Gasteiger partial charge is 0.438 e. The Kier molecular flexibility index (Phi) is 8.07. The number of hydrogen-bond acceptors (Lipinski definition) is 5. The molecule has 7 heteroatoms. The molecule has 1 rings (SSSR count). The number of benzene rings is 1. The molecule has 6 nitrogen and oxygen atoms in total. The van der Waals surface area contributed by atoms with Crippen LogP contribution in [0.25, 0.3) is 0 Å². The maximum Gasteiger partial charge on any atom is 0.509 e. The predicted molar refractivity (Wildman–Crippen MR) is 105 cm³/mol. The summed E-state index contributed by atoms with van der Waals surface area (Å²) in [5.74, 6) is 5.58. The van der Waals surface area contributed by atoms with Crippen LogP contribution >= 0.6 is 0 Å². The molecule has 0 saturated carbocycles. The monoisotopic (exact) mass is 393 g/mol. The summed E-state index contributed by atoms with van der Waals surface area (Å²) in [6.45, 7) is 9.06. The number of allylic oxidation sites excluding steroid dienone is 1. The molecular formula is C20H27NO5S. The normalized spacial score (nSPS) is 11.4. The Balaban J connectivity index is 3.09. The highest BCUT2D eigenvalue weighted by atomic mass is 32.2. The van der Waals surface area contributed by atoms with E-state index in [9.17, 15) is 13.2 Å². The molecule has 0 radical (unpaired) electrons. The van der Waals surface area contributed by atoms with Gasteiger partial charge in [-0.1, -0.05) is 41.2 Å². The first kappa shape index (κ1) is 22.7. The first-order valence-electron chi connectivity index (χ1n) is 8.45. The van der Waals surface area contributed by atoms with E-state index in [1.807, 2.05) is 26.8 Å². The van der Waals surface area contributed by atoms with Crippen molar-refractivity contribution in [1.29, 1.82) is 0 Å². The fourth-order valence-electron chi connectivity index (χ4n) is 2.01. The van der Waals surface area contributed by atoms with Gasteiger partial charge < -0.3 is 9.47 Å². The summed E-state index contributed by atoms with van der Waals surface area (Å²) in [6.07, 6.45) is 0.978. The molecule has 0 spiro atoms. The van der Waals surface area contributed by atoms with Crippen LogP contribution in [0.5, 0.6) is 0 Å². The summed E-state index contributed by atoms with van der Waals surface area (Å²) in [4.78, 5) is 11.5. The van der Waals surface area contributed by atoms with Crippen LogP contribution in [0, 0.1) is 18.8 Å². The van der Waals surface area contributed by atoms with Gasteiger partial charge in [0.25, 0.3) is 0 Å². The van der Waals surface area contributed by atoms with Crippen molar-refractivity contribution in [3.05, 3.63) is 41.5 Å². The lowest BCUT2D eigenvalue weighted by Gasteiger charge is -2.20. The lowest BCUT2D eigenvalue weighted by molar-refractivity contribution is 0.0221. The number of rotatable bonds is 6. The molecule has 0 aliphatic carbocycles. The van der Waals surface area contributed by atoms with E-state index in [2.05, 4.69) is 16.6 Å². The lowest BCUT2D eigenvalue weighted by Crippen LogP contribution is -2.32. The van der Waals surface area contributed by atoms with E-state index < -0.39 is 21.8 Å². The van der Waals surface area contributed by atoms with E-state index in [0.29, 0.717) is 0 Å². The van der Waals surface area contributed by atoms with E-state index in [-0.39, 0.29) is 18.0 Å². The molecule has 1 aromatic carbocycles. The topological polar surface area (TPSA) is 72.9 Å². The Hall–Kier alpha value is -2.30. The SMILES string of the molecule is COC(=O)OC(C)(C)C#CCN(CC=C(C)C)S(=O)(=O)c1ccc(C)cc1. The van der Waals surface area contributed by atoms with Crippen molar-refractivity contribution in [3.63, 3.8) is 0 Å². The number of sulfonamides is 1. The van der Waals surface area contributed by atoms with Gasteiger partial charge in [-0.25, -0.2) is 13.2 Å². The van der Waals surface area contributed by atoms with Crippen LogP contribution in [0.3, 0.4) is 0 Å². The van der Waals surface area contributed by atoms with Crippen LogP contribution in [0.1, 0.15) is 33.3 Å². The number of carbonyl (C=O) groups excluding carboxylic acids is 1. The van der Waals surface area contributed by atoms with Crippen molar-refractivity contribution in [2.24, 2.45) is 0 Å². The average Bonchev–Trinajstić information content (AvgIpc) is 2.57. The highest BCUT2D eigenvalue weighted by Crippen LogP contribution is 2.17. The minimum absolute atomic E-state index is 0.0338. The van der Waals surface area contributed by atoms with Crippen LogP contribution in [-0.2, 0) is 19.5 Å². The molecule has 0 aliphatic heterocycles. The van der Waals surface area contributed by atoms with Gasteiger partial charge >= 0.3 is 6.16 Å². The minimum atomic E-state index is -3.71. The third kappa shape index (κ3) is 7.45. The first-order chi connectivity index (χ1) is 12.5. The third-order valence-corrected chi connectivity index (χ3v) is 5.34. The fraction of sp³-hybridized carbons (Fsp3) is 0.450. The molecule has 148 valence electrons. The summed E-state index contributed by atoms with van der Waals surface area (Å²) in [5, 5.41) is 0. The molecule has 1 aromatic rings. The molecule has 0 atom stereocenters. The predicted octanol–water partition coefficient (Wildman–Crippen LogP) is 3.52. The van der Waals surface area contributed by atoms with Crippen molar-refractivity contribution in [1.82, 2.24) is 4.31 Å². The van der Waals surface area contributed by atoms with E-state index in [1.54, 1.807) is 38.1 Å². The second kappa shape index (κ2) is 9.58. The highest BCUT2D eigenvalue weighted by Gasteiger charge is 2.24. The van der Waals surface area contributed by atoms with Gasteiger partial charge in [-0.3, -0.25) is 0 Å². The van der Waals surface area contributed by atoms with Crippen molar-refractivity contribution in [2.45, 2.75) is 45.1 Å². The second-order valence-corrected chi connectivity index (χ2v) is 8.70. The Morgan fingerprint density at radius 3 is 2.33 bits per heavy atom. The standard InChI is InChI=1S/C20H27NO5S/c1-16(2)12-15-21(14-7-13-20(4,5)26-19(22)25-6)27(23,24)18-10-8-17(3)9-11-18/h8-12H,14-15H2,1-6H3. The number of ether oxygens (including phenoxy) is 2. The zero-order valence-corrected chi connectivity index (χ0v) is 17.5. The Morgan fingerprint density at radius 1 is 1.22 bits per heavy atom. The molecule has 0 heterocycles. The molecule has 0 aromatic heterocycles. The second-order valence-electron chi connectivity index (χ2n) is 6.76. The zero-order valence-electron chi connectivity index (χ0n) is 16.7. The molecular weight excluding hydrogens is 366 g/mol. The quantitative estimate of drug-likeness (QED) is 0.420. The summed E-state index contributed by atoms with van der Waals surface area (Å²) < 4.78 is 36.7. The lowest BCUT2D eigenvalue weighted by atomic mass is 10.1. The molecule has 0 saturated heterocycles. The number of hydrogen-bond donors (Lipinski definition) is 0. The van der Waals surface area contributed by atoms with Gasteiger partial charge in [-0.05, 0) is 46.8 Å². The van der Waals surface area contributed by atoms with Crippen LogP contribution in [0.4, 0.5) is 4.79 Å². The van der Waals surface area contributed by atoms with Crippen molar-refractivity contribution >= 4 is 16.2 Å². The van der Waals surface area contributed by atoms with Gasteiger partial charge in [0.1, 0.15) is 0 Å². The van der Waals surface area contributed by atoms with E-state index in [4.69, 9.17) is 4.74 Å². The van der Waals surface area contributed by atoms with Gasteiger partial charge in [0.05, 0.1) is 18.6 Å². The Labute approximate surface area is 162 Å². The minimum Gasteiger partial charge on any atom is -0.438 e. The van der Waals surface area contributed by atoms with Crippen LogP contribution in [-0.4, -0.2) is 44.7 Å². The fourth-order valence-corrected chi connectivity index (χ4v) is 3.29. The summed E-state index contributed by atoms with van der Waals surface area (Å²) >= 11 is 0. The van der Waals surface area contributed by atoms with Crippen molar-refractivity contribution in [3.8, 4) is 11.8 Å². The third-order valence-electron chi connectivity index (χ3n) is 3.51. The first-order valence-corrected chi connectivity index (χ1v) is 9.89. The van der Waals surface area contributed by atoms with Gasteiger partial charge in [-0.15, -0.1) is 0 Å². The summed E-state index contributed by atoms with van der Waals surface area (Å²) in [7, 11) is -2.50. The molecule has 0 fully saturated rings. The van der Waals surface area contributed by atoms with Crippen LogP contribution in [0.15, 0.2) is 40.8 Å². The number of carbonyl (C=O) groups is 1. The van der Waals surface area contributed by atoms with Gasteiger partial charge in [0, 0.05) is 6.54 Å². The van der Waals surface area contributed by atoms with E-state index >= 15 is 0 Å². The van der Waals surface area contributed by atoms with E-state index in [0.717, 1.165) is 11.1 Å². The molecule has 0 N–H and O–H groups in total.